The monoisotopic (exact) mass is 354 g/mol. The number of aromatic nitrogens is 1. The lowest BCUT2D eigenvalue weighted by Gasteiger charge is -2.35. The first-order valence-corrected chi connectivity index (χ1v) is 8.33. The summed E-state index contributed by atoms with van der Waals surface area (Å²) in [4.78, 5) is 28.4. The van der Waals surface area contributed by atoms with E-state index < -0.39 is 12.1 Å². The standard InChI is InChI=1S/C16H19ClN2O5/c17-11-7-12-14(24-16(22)19(12)6-4-15(20)21)8-13(11)23-9-10-3-1-2-5-18-10/h1-3,5,11-14H,4,6-9H2,(H,20,21). The first kappa shape index (κ1) is 17.0. The Balaban J connectivity index is 1.58. The minimum absolute atomic E-state index is 0.106. The van der Waals surface area contributed by atoms with Crippen LogP contribution in [0.15, 0.2) is 24.4 Å². The van der Waals surface area contributed by atoms with Crippen LogP contribution < -0.4 is 0 Å². The summed E-state index contributed by atoms with van der Waals surface area (Å²) in [5.41, 5.74) is 0.815. The molecule has 2 fully saturated rings. The van der Waals surface area contributed by atoms with Gasteiger partial charge in [0.05, 0.1) is 36.2 Å². The molecule has 1 amide bonds. The van der Waals surface area contributed by atoms with Gasteiger partial charge in [0.15, 0.2) is 0 Å². The number of carboxylic acids is 1. The van der Waals surface area contributed by atoms with Crippen LogP contribution in [0, 0.1) is 0 Å². The molecule has 7 nitrogen and oxygen atoms in total. The van der Waals surface area contributed by atoms with E-state index in [9.17, 15) is 9.59 Å². The Morgan fingerprint density at radius 3 is 3.00 bits per heavy atom. The van der Waals surface area contributed by atoms with E-state index in [2.05, 4.69) is 4.98 Å². The summed E-state index contributed by atoms with van der Waals surface area (Å²) in [5, 5.41) is 8.53. The molecule has 130 valence electrons. The summed E-state index contributed by atoms with van der Waals surface area (Å²) in [5.74, 6) is -0.943. The number of carbonyl (C=O) groups is 2. The molecule has 1 saturated carbocycles. The molecule has 3 rings (SSSR count). The van der Waals surface area contributed by atoms with E-state index in [0.717, 1.165) is 5.69 Å². The highest BCUT2D eigenvalue weighted by molar-refractivity contribution is 6.21. The van der Waals surface area contributed by atoms with E-state index >= 15 is 0 Å². The number of hydrogen-bond acceptors (Lipinski definition) is 5. The zero-order valence-electron chi connectivity index (χ0n) is 13.0. The first-order chi connectivity index (χ1) is 11.5. The van der Waals surface area contributed by atoms with Gasteiger partial charge in [-0.1, -0.05) is 6.07 Å². The number of halogens is 1. The molecule has 4 unspecified atom stereocenters. The first-order valence-electron chi connectivity index (χ1n) is 7.89. The van der Waals surface area contributed by atoms with E-state index in [0.29, 0.717) is 19.4 Å². The fourth-order valence-electron chi connectivity index (χ4n) is 3.18. The Bertz CT molecular complexity index is 599. The molecule has 4 atom stereocenters. The van der Waals surface area contributed by atoms with Crippen molar-refractivity contribution in [3.8, 4) is 0 Å². The Morgan fingerprint density at radius 2 is 2.29 bits per heavy atom. The Kier molecular flexibility index (Phi) is 5.20. The lowest BCUT2D eigenvalue weighted by Crippen LogP contribution is -2.47. The third kappa shape index (κ3) is 3.79. The normalized spacial score (nSPS) is 29.2. The molecular weight excluding hydrogens is 336 g/mol. The number of aliphatic carboxylic acids is 1. The summed E-state index contributed by atoms with van der Waals surface area (Å²) >= 11 is 6.44. The van der Waals surface area contributed by atoms with Crippen LogP contribution in [0.1, 0.15) is 25.0 Å². The van der Waals surface area contributed by atoms with E-state index in [1.807, 2.05) is 18.2 Å². The average molecular weight is 355 g/mol. The van der Waals surface area contributed by atoms with E-state index in [-0.39, 0.29) is 36.6 Å². The van der Waals surface area contributed by atoms with E-state index in [1.165, 1.54) is 4.90 Å². The zero-order valence-corrected chi connectivity index (χ0v) is 13.8. The predicted octanol–water partition coefficient (Wildman–Crippen LogP) is 2.03. The van der Waals surface area contributed by atoms with Gasteiger partial charge in [0.1, 0.15) is 6.10 Å². The Hall–Kier alpha value is -1.86. The van der Waals surface area contributed by atoms with Crippen LogP contribution in [0.3, 0.4) is 0 Å². The van der Waals surface area contributed by atoms with Crippen LogP contribution in [-0.2, 0) is 20.9 Å². The molecule has 0 spiro atoms. The quantitative estimate of drug-likeness (QED) is 0.786. The summed E-state index contributed by atoms with van der Waals surface area (Å²) < 4.78 is 11.2. The van der Waals surface area contributed by atoms with Gasteiger partial charge in [-0.2, -0.15) is 0 Å². The van der Waals surface area contributed by atoms with E-state index in [4.69, 9.17) is 26.2 Å². The summed E-state index contributed by atoms with van der Waals surface area (Å²) in [6, 6.07) is 5.41. The lowest BCUT2D eigenvalue weighted by molar-refractivity contribution is -0.137. The van der Waals surface area contributed by atoms with Crippen molar-refractivity contribution in [3.05, 3.63) is 30.1 Å². The van der Waals surface area contributed by atoms with Crippen molar-refractivity contribution in [2.45, 2.75) is 49.5 Å². The Labute approximate surface area is 144 Å². The third-order valence-corrected chi connectivity index (χ3v) is 4.85. The van der Waals surface area contributed by atoms with Crippen LogP contribution in [0.25, 0.3) is 0 Å². The van der Waals surface area contributed by atoms with Crippen molar-refractivity contribution < 1.29 is 24.2 Å². The van der Waals surface area contributed by atoms with Gasteiger partial charge in [-0.25, -0.2) is 4.79 Å². The molecule has 0 aromatic carbocycles. The minimum Gasteiger partial charge on any atom is -0.481 e. The van der Waals surface area contributed by atoms with Crippen molar-refractivity contribution in [1.29, 1.82) is 0 Å². The number of carboxylic acid groups (broad SMARTS) is 1. The largest absolute Gasteiger partial charge is 0.481 e. The Morgan fingerprint density at radius 1 is 1.46 bits per heavy atom. The van der Waals surface area contributed by atoms with Gasteiger partial charge in [-0.05, 0) is 18.6 Å². The number of alkyl halides is 1. The molecule has 2 heterocycles. The highest BCUT2D eigenvalue weighted by Crippen LogP contribution is 2.36. The fraction of sp³-hybridized carbons (Fsp3) is 0.562. The van der Waals surface area contributed by atoms with Crippen molar-refractivity contribution in [2.75, 3.05) is 6.54 Å². The van der Waals surface area contributed by atoms with Crippen LogP contribution >= 0.6 is 11.6 Å². The second-order valence-electron chi connectivity index (χ2n) is 5.98. The number of ether oxygens (including phenoxy) is 2. The summed E-state index contributed by atoms with van der Waals surface area (Å²) in [6.45, 7) is 0.487. The summed E-state index contributed by atoms with van der Waals surface area (Å²) in [6.07, 6.45) is 1.60. The molecule has 1 aromatic rings. The second kappa shape index (κ2) is 7.36. The molecule has 2 aliphatic rings. The highest BCUT2D eigenvalue weighted by Gasteiger charge is 2.48. The van der Waals surface area contributed by atoms with Gasteiger partial charge < -0.3 is 19.5 Å². The maximum absolute atomic E-state index is 12.0. The topological polar surface area (TPSA) is 89.0 Å². The number of nitrogens with zero attached hydrogens (tertiary/aromatic N) is 2. The van der Waals surface area contributed by atoms with Crippen molar-refractivity contribution in [3.63, 3.8) is 0 Å². The zero-order chi connectivity index (χ0) is 17.1. The van der Waals surface area contributed by atoms with Gasteiger partial charge in [0.25, 0.3) is 0 Å². The number of pyridine rings is 1. The molecular formula is C16H19ClN2O5. The smallest absolute Gasteiger partial charge is 0.410 e. The molecule has 1 saturated heterocycles. The SMILES string of the molecule is O=C(O)CCN1C(=O)OC2CC(OCc3ccccn3)C(Cl)CC21. The minimum atomic E-state index is -0.943. The molecule has 1 N–H and O–H groups in total. The number of rotatable bonds is 6. The molecule has 1 aromatic heterocycles. The number of amides is 1. The molecule has 1 aliphatic carbocycles. The van der Waals surface area contributed by atoms with Crippen molar-refractivity contribution in [2.24, 2.45) is 0 Å². The van der Waals surface area contributed by atoms with Gasteiger partial charge >= 0.3 is 12.1 Å². The second-order valence-corrected chi connectivity index (χ2v) is 6.55. The highest BCUT2D eigenvalue weighted by atomic mass is 35.5. The predicted molar refractivity (Wildman–Crippen MR) is 84.7 cm³/mol. The van der Waals surface area contributed by atoms with Gasteiger partial charge in [0.2, 0.25) is 0 Å². The van der Waals surface area contributed by atoms with Crippen molar-refractivity contribution >= 4 is 23.7 Å². The fourth-order valence-corrected chi connectivity index (χ4v) is 3.53. The average Bonchev–Trinajstić information content (AvgIpc) is 2.86. The van der Waals surface area contributed by atoms with Crippen LogP contribution in [-0.4, -0.2) is 57.2 Å². The maximum atomic E-state index is 12.0. The van der Waals surface area contributed by atoms with Crippen LogP contribution in [0.2, 0.25) is 0 Å². The third-order valence-electron chi connectivity index (χ3n) is 4.39. The van der Waals surface area contributed by atoms with Gasteiger partial charge in [0, 0.05) is 19.2 Å². The lowest BCUT2D eigenvalue weighted by atomic mass is 9.89. The molecule has 1 aliphatic heterocycles. The molecule has 0 radical (unpaired) electrons. The number of hydrogen-bond donors (Lipinski definition) is 1. The number of fused-ring (bicyclic) bond motifs is 1. The molecule has 0 bridgehead atoms. The number of carbonyl (C=O) groups excluding carboxylic acids is 1. The van der Waals surface area contributed by atoms with Gasteiger partial charge in [-0.3, -0.25) is 9.78 Å². The van der Waals surface area contributed by atoms with Gasteiger partial charge in [-0.15, -0.1) is 11.6 Å². The van der Waals surface area contributed by atoms with Crippen LogP contribution in [0.5, 0.6) is 0 Å². The van der Waals surface area contributed by atoms with Crippen LogP contribution in [0.4, 0.5) is 4.79 Å². The molecule has 24 heavy (non-hydrogen) atoms. The molecule has 8 heteroatoms. The summed E-state index contributed by atoms with van der Waals surface area (Å²) in [7, 11) is 0. The maximum Gasteiger partial charge on any atom is 0.410 e. The van der Waals surface area contributed by atoms with Crippen molar-refractivity contribution in [1.82, 2.24) is 9.88 Å². The van der Waals surface area contributed by atoms with E-state index in [1.54, 1.807) is 6.20 Å².